The Morgan fingerprint density at radius 1 is 1.37 bits per heavy atom. The van der Waals surface area contributed by atoms with Crippen LogP contribution in [0.2, 0.25) is 0 Å². The number of rotatable bonds is 5. The lowest BCUT2D eigenvalue weighted by Gasteiger charge is -2.23. The highest BCUT2D eigenvalue weighted by Gasteiger charge is 2.21. The summed E-state index contributed by atoms with van der Waals surface area (Å²) in [6.45, 7) is 5.10. The van der Waals surface area contributed by atoms with E-state index >= 15 is 0 Å². The summed E-state index contributed by atoms with van der Waals surface area (Å²) in [5.41, 5.74) is -0.568. The fourth-order valence-corrected chi connectivity index (χ4v) is 1.29. The number of pyridine rings is 1. The van der Waals surface area contributed by atoms with Gasteiger partial charge in [0.1, 0.15) is 11.4 Å². The molecule has 0 fully saturated rings. The minimum atomic E-state index is -0.751. The summed E-state index contributed by atoms with van der Waals surface area (Å²) in [4.78, 5) is 27.4. The van der Waals surface area contributed by atoms with E-state index in [1.807, 2.05) is 0 Å². The van der Waals surface area contributed by atoms with Crippen molar-refractivity contribution in [2.45, 2.75) is 26.3 Å². The Labute approximate surface area is 111 Å². The second kappa shape index (κ2) is 6.29. The predicted molar refractivity (Wildman–Crippen MR) is 68.8 cm³/mol. The highest BCUT2D eigenvalue weighted by Crippen LogP contribution is 2.05. The number of esters is 1. The molecule has 1 aromatic heterocycles. The average Bonchev–Trinajstić information content (AvgIpc) is 2.38. The summed E-state index contributed by atoms with van der Waals surface area (Å²) < 4.78 is 4.81. The monoisotopic (exact) mass is 266 g/mol. The quantitative estimate of drug-likeness (QED) is 0.768. The minimum absolute atomic E-state index is 0.0799. The Morgan fingerprint density at radius 3 is 2.58 bits per heavy atom. The summed E-state index contributed by atoms with van der Waals surface area (Å²) in [6, 6.07) is 4.53. The van der Waals surface area contributed by atoms with Crippen molar-refractivity contribution in [3.8, 4) is 0 Å². The molecule has 0 aliphatic rings. The first kappa shape index (κ1) is 15.1. The van der Waals surface area contributed by atoms with Gasteiger partial charge < -0.3 is 15.2 Å². The molecular formula is C13H18N2O4. The molecule has 0 unspecified atom stereocenters. The normalized spacial score (nSPS) is 10.9. The average molecular weight is 266 g/mol. The van der Waals surface area contributed by atoms with E-state index < -0.39 is 17.4 Å². The van der Waals surface area contributed by atoms with Gasteiger partial charge in [0.05, 0.1) is 18.8 Å². The van der Waals surface area contributed by atoms with E-state index in [2.05, 4.69) is 10.3 Å². The smallest absolute Gasteiger partial charge is 0.356 e. The number of amides is 1. The third-order valence-corrected chi connectivity index (χ3v) is 2.31. The number of carbonyl (C=O) groups is 2. The Bertz CT molecular complexity index is 471. The molecule has 0 radical (unpaired) electrons. The largest absolute Gasteiger partial charge is 0.461 e. The van der Waals surface area contributed by atoms with Crippen LogP contribution in [0.4, 0.5) is 0 Å². The number of hydrogen-bond donors (Lipinski definition) is 2. The van der Waals surface area contributed by atoms with E-state index in [4.69, 9.17) is 9.84 Å². The molecule has 19 heavy (non-hydrogen) atoms. The molecule has 0 saturated carbocycles. The fourth-order valence-electron chi connectivity index (χ4n) is 1.29. The summed E-state index contributed by atoms with van der Waals surface area (Å²) in [5.74, 6) is -1.02. The summed E-state index contributed by atoms with van der Waals surface area (Å²) in [5, 5.41) is 11.7. The van der Waals surface area contributed by atoms with Gasteiger partial charge in [0.2, 0.25) is 0 Å². The molecule has 0 atom stereocenters. The number of nitrogens with zero attached hydrogens (tertiary/aromatic N) is 1. The fraction of sp³-hybridized carbons (Fsp3) is 0.462. The SMILES string of the molecule is CCOC(=O)c1cccc(C(=O)NC(C)(C)CO)n1. The summed E-state index contributed by atoms with van der Waals surface area (Å²) in [7, 11) is 0. The van der Waals surface area contributed by atoms with Crippen molar-refractivity contribution in [2.24, 2.45) is 0 Å². The van der Waals surface area contributed by atoms with E-state index in [1.165, 1.54) is 12.1 Å². The maximum atomic E-state index is 11.9. The van der Waals surface area contributed by atoms with Crippen LogP contribution in [0.15, 0.2) is 18.2 Å². The van der Waals surface area contributed by atoms with Crippen LogP contribution in [0.1, 0.15) is 41.7 Å². The molecular weight excluding hydrogens is 248 g/mol. The van der Waals surface area contributed by atoms with Crippen LogP contribution in [0, 0.1) is 0 Å². The zero-order valence-corrected chi connectivity index (χ0v) is 11.3. The van der Waals surface area contributed by atoms with Gasteiger partial charge in [-0.05, 0) is 32.9 Å². The van der Waals surface area contributed by atoms with Crippen LogP contribution in [-0.4, -0.2) is 40.7 Å². The van der Waals surface area contributed by atoms with Crippen LogP contribution in [0.3, 0.4) is 0 Å². The molecule has 1 aromatic rings. The van der Waals surface area contributed by atoms with Gasteiger partial charge in [0.15, 0.2) is 0 Å². The summed E-state index contributed by atoms with van der Waals surface area (Å²) >= 11 is 0. The first-order valence-corrected chi connectivity index (χ1v) is 5.97. The van der Waals surface area contributed by atoms with Crippen LogP contribution in [-0.2, 0) is 4.74 Å². The number of aromatic nitrogens is 1. The Morgan fingerprint density at radius 2 is 2.00 bits per heavy atom. The van der Waals surface area contributed by atoms with E-state index in [1.54, 1.807) is 26.8 Å². The van der Waals surface area contributed by atoms with Crippen molar-refractivity contribution in [3.63, 3.8) is 0 Å². The predicted octanol–water partition coefficient (Wildman–Crippen LogP) is 0.759. The molecule has 0 aliphatic heterocycles. The van der Waals surface area contributed by atoms with Gasteiger partial charge in [-0.1, -0.05) is 6.07 Å². The molecule has 0 bridgehead atoms. The number of nitrogens with one attached hydrogen (secondary N) is 1. The van der Waals surface area contributed by atoms with Crippen molar-refractivity contribution in [1.29, 1.82) is 0 Å². The second-order valence-electron chi connectivity index (χ2n) is 4.62. The van der Waals surface area contributed by atoms with Crippen LogP contribution < -0.4 is 5.32 Å². The van der Waals surface area contributed by atoms with Gasteiger partial charge in [0.25, 0.3) is 5.91 Å². The van der Waals surface area contributed by atoms with Crippen molar-refractivity contribution in [1.82, 2.24) is 10.3 Å². The molecule has 1 amide bonds. The third kappa shape index (κ3) is 4.33. The Kier molecular flexibility index (Phi) is 5.00. The number of ether oxygens (including phenoxy) is 1. The molecule has 104 valence electrons. The highest BCUT2D eigenvalue weighted by molar-refractivity contribution is 5.94. The number of carbonyl (C=O) groups excluding carboxylic acids is 2. The lowest BCUT2D eigenvalue weighted by Crippen LogP contribution is -2.46. The van der Waals surface area contributed by atoms with E-state index in [-0.39, 0.29) is 24.6 Å². The van der Waals surface area contributed by atoms with E-state index in [9.17, 15) is 9.59 Å². The van der Waals surface area contributed by atoms with Gasteiger partial charge in [-0.3, -0.25) is 4.79 Å². The maximum Gasteiger partial charge on any atom is 0.356 e. The Hall–Kier alpha value is -1.95. The molecule has 1 rings (SSSR count). The molecule has 2 N–H and O–H groups in total. The maximum absolute atomic E-state index is 11.9. The van der Waals surface area contributed by atoms with Crippen molar-refractivity contribution < 1.29 is 19.4 Å². The lowest BCUT2D eigenvalue weighted by molar-refractivity contribution is 0.0519. The second-order valence-corrected chi connectivity index (χ2v) is 4.62. The molecule has 0 aromatic carbocycles. The van der Waals surface area contributed by atoms with Crippen LogP contribution in [0.5, 0.6) is 0 Å². The van der Waals surface area contributed by atoms with E-state index in [0.29, 0.717) is 0 Å². The number of aliphatic hydroxyl groups excluding tert-OH is 1. The topological polar surface area (TPSA) is 88.5 Å². The van der Waals surface area contributed by atoms with Gasteiger partial charge >= 0.3 is 5.97 Å². The molecule has 6 heteroatoms. The van der Waals surface area contributed by atoms with E-state index in [0.717, 1.165) is 0 Å². The number of hydrogen-bond acceptors (Lipinski definition) is 5. The van der Waals surface area contributed by atoms with Gasteiger partial charge in [-0.25, -0.2) is 9.78 Å². The first-order valence-electron chi connectivity index (χ1n) is 5.97. The lowest BCUT2D eigenvalue weighted by atomic mass is 10.1. The molecule has 1 heterocycles. The molecule has 0 spiro atoms. The van der Waals surface area contributed by atoms with Crippen molar-refractivity contribution in [2.75, 3.05) is 13.2 Å². The third-order valence-electron chi connectivity index (χ3n) is 2.31. The zero-order chi connectivity index (χ0) is 14.5. The molecule has 0 saturated heterocycles. The standard InChI is InChI=1S/C13H18N2O4/c1-4-19-12(18)10-7-5-6-9(14-10)11(17)15-13(2,3)8-16/h5-7,16H,4,8H2,1-3H3,(H,15,17). The van der Waals surface area contributed by atoms with Crippen molar-refractivity contribution in [3.05, 3.63) is 29.6 Å². The van der Waals surface area contributed by atoms with Crippen molar-refractivity contribution >= 4 is 11.9 Å². The van der Waals surface area contributed by atoms with Gasteiger partial charge in [-0.2, -0.15) is 0 Å². The van der Waals surface area contributed by atoms with Gasteiger partial charge in [-0.15, -0.1) is 0 Å². The molecule has 6 nitrogen and oxygen atoms in total. The van der Waals surface area contributed by atoms with Gasteiger partial charge in [0, 0.05) is 0 Å². The van der Waals surface area contributed by atoms with Crippen LogP contribution in [0.25, 0.3) is 0 Å². The summed E-state index contributed by atoms with van der Waals surface area (Å²) in [6.07, 6.45) is 0. The highest BCUT2D eigenvalue weighted by atomic mass is 16.5. The van der Waals surface area contributed by atoms with Crippen LogP contribution >= 0.6 is 0 Å². The first-order chi connectivity index (χ1) is 8.89. The number of aliphatic hydroxyl groups is 1. The molecule has 0 aliphatic carbocycles. The zero-order valence-electron chi connectivity index (χ0n) is 11.3. The Balaban J connectivity index is 2.87. The minimum Gasteiger partial charge on any atom is -0.461 e.